The van der Waals surface area contributed by atoms with Crippen molar-refractivity contribution in [3.8, 4) is 0 Å². The van der Waals surface area contributed by atoms with Crippen molar-refractivity contribution in [3.05, 3.63) is 0 Å². The third kappa shape index (κ3) is 4.89. The van der Waals surface area contributed by atoms with E-state index < -0.39 is 22.3 Å². The van der Waals surface area contributed by atoms with Crippen LogP contribution in [0.4, 0.5) is 0 Å². The van der Waals surface area contributed by atoms with Crippen molar-refractivity contribution < 1.29 is 23.1 Å². The highest BCUT2D eigenvalue weighted by atomic mass is 32.2. The molecule has 1 heterocycles. The van der Waals surface area contributed by atoms with E-state index in [1.54, 1.807) is 6.92 Å². The Hall–Kier alpha value is -0.700. The number of carbonyl (C=O) groups is 1. The molecule has 0 saturated carbocycles. The van der Waals surface area contributed by atoms with Gasteiger partial charge in [-0.15, -0.1) is 0 Å². The van der Waals surface area contributed by atoms with Crippen LogP contribution in [0.3, 0.4) is 0 Å². The first-order valence-corrected chi connectivity index (χ1v) is 7.48. The molecular formula is C10H20N2O5S. The van der Waals surface area contributed by atoms with E-state index in [1.165, 1.54) is 4.31 Å². The Morgan fingerprint density at radius 3 is 2.56 bits per heavy atom. The minimum atomic E-state index is -3.50. The van der Waals surface area contributed by atoms with Crippen molar-refractivity contribution in [1.82, 2.24) is 9.03 Å². The zero-order valence-electron chi connectivity index (χ0n) is 10.5. The average Bonchev–Trinajstić information content (AvgIpc) is 2.79. The Kier molecular flexibility index (Phi) is 6.00. The molecule has 0 aliphatic carbocycles. The first-order valence-electron chi connectivity index (χ1n) is 6.04. The number of hydrogen-bond acceptors (Lipinski definition) is 4. The highest BCUT2D eigenvalue weighted by Crippen LogP contribution is 2.11. The SMILES string of the molecule is CCOC(CNS(=O)(=O)N1CCCC1)CC(=O)O. The molecule has 8 heteroatoms. The molecule has 0 bridgehead atoms. The molecule has 1 fully saturated rings. The van der Waals surface area contributed by atoms with Crippen molar-refractivity contribution >= 4 is 16.2 Å². The molecular weight excluding hydrogens is 260 g/mol. The summed E-state index contributed by atoms with van der Waals surface area (Å²) >= 11 is 0. The van der Waals surface area contributed by atoms with Crippen molar-refractivity contribution in [3.63, 3.8) is 0 Å². The molecule has 18 heavy (non-hydrogen) atoms. The van der Waals surface area contributed by atoms with Gasteiger partial charge in [-0.1, -0.05) is 0 Å². The molecule has 0 aromatic rings. The highest BCUT2D eigenvalue weighted by molar-refractivity contribution is 7.87. The molecule has 1 saturated heterocycles. The van der Waals surface area contributed by atoms with E-state index in [1.807, 2.05) is 0 Å². The van der Waals surface area contributed by atoms with Gasteiger partial charge >= 0.3 is 5.97 Å². The van der Waals surface area contributed by atoms with E-state index in [-0.39, 0.29) is 13.0 Å². The smallest absolute Gasteiger partial charge is 0.306 e. The maximum absolute atomic E-state index is 11.8. The van der Waals surface area contributed by atoms with E-state index in [4.69, 9.17) is 9.84 Å². The molecule has 1 rings (SSSR count). The summed E-state index contributed by atoms with van der Waals surface area (Å²) in [7, 11) is -3.50. The number of nitrogens with one attached hydrogen (secondary N) is 1. The number of carboxylic acids is 1. The number of rotatable bonds is 8. The molecule has 0 aromatic carbocycles. The van der Waals surface area contributed by atoms with Crippen molar-refractivity contribution in [1.29, 1.82) is 0 Å². The van der Waals surface area contributed by atoms with Crippen LogP contribution >= 0.6 is 0 Å². The van der Waals surface area contributed by atoms with Crippen LogP contribution in [0.25, 0.3) is 0 Å². The Bertz CT molecular complexity index is 364. The lowest BCUT2D eigenvalue weighted by Crippen LogP contribution is -2.43. The Morgan fingerprint density at radius 1 is 1.44 bits per heavy atom. The van der Waals surface area contributed by atoms with Gasteiger partial charge in [0.15, 0.2) is 0 Å². The quantitative estimate of drug-likeness (QED) is 0.641. The molecule has 7 nitrogen and oxygen atoms in total. The topological polar surface area (TPSA) is 95.9 Å². The maximum atomic E-state index is 11.8. The summed E-state index contributed by atoms with van der Waals surface area (Å²) < 4.78 is 32.6. The minimum absolute atomic E-state index is 0.0149. The van der Waals surface area contributed by atoms with Gasteiger partial charge in [0.2, 0.25) is 0 Å². The summed E-state index contributed by atoms with van der Waals surface area (Å²) in [4.78, 5) is 10.6. The normalized spacial score (nSPS) is 18.9. The first kappa shape index (κ1) is 15.4. The number of ether oxygens (including phenoxy) is 1. The molecule has 1 unspecified atom stereocenters. The molecule has 0 spiro atoms. The average molecular weight is 280 g/mol. The van der Waals surface area contributed by atoms with Gasteiger partial charge in [-0.05, 0) is 19.8 Å². The lowest BCUT2D eigenvalue weighted by atomic mass is 10.2. The van der Waals surface area contributed by atoms with Gasteiger partial charge < -0.3 is 9.84 Å². The van der Waals surface area contributed by atoms with Gasteiger partial charge in [-0.3, -0.25) is 4.79 Å². The van der Waals surface area contributed by atoms with Crippen LogP contribution in [-0.4, -0.2) is 56.1 Å². The third-order valence-electron chi connectivity index (χ3n) is 2.70. The summed E-state index contributed by atoms with van der Waals surface area (Å²) in [6, 6.07) is 0. The van der Waals surface area contributed by atoms with Crippen LogP contribution in [0.15, 0.2) is 0 Å². The summed E-state index contributed by atoms with van der Waals surface area (Å²) in [6.45, 7) is 3.12. The molecule has 0 radical (unpaired) electrons. The number of nitrogens with zero attached hydrogens (tertiary/aromatic N) is 1. The van der Waals surface area contributed by atoms with E-state index in [2.05, 4.69) is 4.72 Å². The fraction of sp³-hybridized carbons (Fsp3) is 0.900. The third-order valence-corrected chi connectivity index (χ3v) is 4.28. The monoisotopic (exact) mass is 280 g/mol. The van der Waals surface area contributed by atoms with Gasteiger partial charge in [0.1, 0.15) is 0 Å². The van der Waals surface area contributed by atoms with Gasteiger partial charge in [-0.25, -0.2) is 0 Å². The van der Waals surface area contributed by atoms with Crippen LogP contribution in [-0.2, 0) is 19.7 Å². The number of hydrogen-bond donors (Lipinski definition) is 2. The van der Waals surface area contributed by atoms with Crippen LogP contribution in [0.2, 0.25) is 0 Å². The van der Waals surface area contributed by atoms with Crippen molar-refractivity contribution in [2.75, 3.05) is 26.2 Å². The molecule has 0 aromatic heterocycles. The fourth-order valence-electron chi connectivity index (χ4n) is 1.84. The predicted molar refractivity (Wildman–Crippen MR) is 65.4 cm³/mol. The fourth-order valence-corrected chi connectivity index (χ4v) is 3.16. The Balaban J connectivity index is 2.47. The van der Waals surface area contributed by atoms with Crippen LogP contribution < -0.4 is 4.72 Å². The molecule has 106 valence electrons. The molecule has 2 N–H and O–H groups in total. The number of carboxylic acid groups (broad SMARTS) is 1. The maximum Gasteiger partial charge on any atom is 0.306 e. The van der Waals surface area contributed by atoms with Crippen LogP contribution in [0, 0.1) is 0 Å². The standard InChI is InChI=1S/C10H20N2O5S/c1-2-17-9(7-10(13)14)8-11-18(15,16)12-5-3-4-6-12/h9,11H,2-8H2,1H3,(H,13,14). The second-order valence-electron chi connectivity index (χ2n) is 4.13. The lowest BCUT2D eigenvalue weighted by molar-refractivity contribution is -0.140. The van der Waals surface area contributed by atoms with Crippen molar-refractivity contribution in [2.24, 2.45) is 0 Å². The zero-order valence-corrected chi connectivity index (χ0v) is 11.3. The first-order chi connectivity index (χ1) is 8.45. The number of aliphatic carboxylic acids is 1. The van der Waals surface area contributed by atoms with E-state index in [9.17, 15) is 13.2 Å². The molecule has 1 aliphatic rings. The van der Waals surface area contributed by atoms with E-state index >= 15 is 0 Å². The van der Waals surface area contributed by atoms with E-state index in [0.29, 0.717) is 19.7 Å². The van der Waals surface area contributed by atoms with Gasteiger partial charge in [0, 0.05) is 26.2 Å². The Labute approximate surface area is 107 Å². The summed E-state index contributed by atoms with van der Waals surface area (Å²) in [5.74, 6) is -1.01. The molecule has 0 amide bonds. The minimum Gasteiger partial charge on any atom is -0.481 e. The van der Waals surface area contributed by atoms with Crippen LogP contribution in [0.1, 0.15) is 26.2 Å². The molecule has 1 atom stereocenters. The Morgan fingerprint density at radius 2 is 2.06 bits per heavy atom. The highest BCUT2D eigenvalue weighted by Gasteiger charge is 2.26. The largest absolute Gasteiger partial charge is 0.481 e. The van der Waals surface area contributed by atoms with Crippen LogP contribution in [0.5, 0.6) is 0 Å². The molecule has 1 aliphatic heterocycles. The van der Waals surface area contributed by atoms with E-state index in [0.717, 1.165) is 12.8 Å². The van der Waals surface area contributed by atoms with Gasteiger partial charge in [0.05, 0.1) is 12.5 Å². The zero-order chi connectivity index (χ0) is 13.6. The second kappa shape index (κ2) is 7.03. The van der Waals surface area contributed by atoms with Gasteiger partial charge in [-0.2, -0.15) is 17.4 Å². The lowest BCUT2D eigenvalue weighted by Gasteiger charge is -2.19. The second-order valence-corrected chi connectivity index (χ2v) is 5.89. The predicted octanol–water partition coefficient (Wildman–Crippen LogP) is -0.204. The van der Waals surface area contributed by atoms with Gasteiger partial charge in [0.25, 0.3) is 10.2 Å². The van der Waals surface area contributed by atoms with Crippen molar-refractivity contribution in [2.45, 2.75) is 32.3 Å². The summed E-state index contributed by atoms with van der Waals surface area (Å²) in [5, 5.41) is 8.68. The summed E-state index contributed by atoms with van der Waals surface area (Å²) in [6.07, 6.45) is 0.886. The summed E-state index contributed by atoms with van der Waals surface area (Å²) in [5.41, 5.74) is 0.